The van der Waals surface area contributed by atoms with Crippen LogP contribution in [0.15, 0.2) is 4.42 Å². The molecule has 1 aromatic rings. The third-order valence-corrected chi connectivity index (χ3v) is 2.91. The fraction of sp³-hybridized carbons (Fsp3) is 0.667. The van der Waals surface area contributed by atoms with E-state index in [1.165, 1.54) is 11.8 Å². The number of carboxylic acid groups (broad SMARTS) is 1. The molecule has 1 atom stereocenters. The number of aliphatic carboxylic acids is 1. The van der Waals surface area contributed by atoms with Gasteiger partial charge in [-0.2, -0.15) is 0 Å². The molecule has 5 nitrogen and oxygen atoms in total. The lowest BCUT2D eigenvalue weighted by Gasteiger charge is -2.05. The van der Waals surface area contributed by atoms with Crippen LogP contribution < -0.4 is 0 Å². The van der Waals surface area contributed by atoms with Gasteiger partial charge in [0.2, 0.25) is 11.8 Å². The summed E-state index contributed by atoms with van der Waals surface area (Å²) >= 11 is 1.50. The van der Waals surface area contributed by atoms with Crippen LogP contribution in [0.4, 0.5) is 0 Å². The Morgan fingerprint density at radius 1 is 1.53 bits per heavy atom. The van der Waals surface area contributed by atoms with Gasteiger partial charge < -0.3 is 9.52 Å². The van der Waals surface area contributed by atoms with Crippen LogP contribution in [0, 0.1) is 0 Å². The maximum atomic E-state index is 10.4. The zero-order valence-electron chi connectivity index (χ0n) is 8.77. The third-order valence-electron chi connectivity index (χ3n) is 1.76. The second-order valence-corrected chi connectivity index (χ2v) is 4.59. The first-order valence-corrected chi connectivity index (χ1v) is 5.81. The number of hydrogen-bond donors (Lipinski definition) is 1. The Hall–Kier alpha value is -1.04. The van der Waals surface area contributed by atoms with Gasteiger partial charge in [0.25, 0.3) is 0 Å². The van der Waals surface area contributed by atoms with E-state index in [2.05, 4.69) is 10.2 Å². The summed E-state index contributed by atoms with van der Waals surface area (Å²) in [7, 11) is 0. The Balaban J connectivity index is 2.33. The Labute approximate surface area is 92.3 Å². The van der Waals surface area contributed by atoms with Crippen LogP contribution in [0.5, 0.6) is 0 Å². The number of rotatable bonds is 6. The van der Waals surface area contributed by atoms with Crippen LogP contribution in [0.2, 0.25) is 0 Å². The SMILES string of the molecule is CCc1nnc(CSC(C)CC(=O)O)o1. The smallest absolute Gasteiger partial charge is 0.304 e. The van der Waals surface area contributed by atoms with Crippen LogP contribution in [0.1, 0.15) is 32.0 Å². The Morgan fingerprint density at radius 3 is 2.73 bits per heavy atom. The van der Waals surface area contributed by atoms with Gasteiger partial charge in [-0.15, -0.1) is 22.0 Å². The lowest BCUT2D eigenvalue weighted by atomic mass is 10.3. The van der Waals surface area contributed by atoms with Gasteiger partial charge in [-0.1, -0.05) is 13.8 Å². The van der Waals surface area contributed by atoms with E-state index in [4.69, 9.17) is 9.52 Å². The molecule has 0 spiro atoms. The number of carboxylic acids is 1. The molecule has 0 fully saturated rings. The molecule has 1 aromatic heterocycles. The van der Waals surface area contributed by atoms with Crippen molar-refractivity contribution in [1.29, 1.82) is 0 Å². The van der Waals surface area contributed by atoms with Crippen molar-refractivity contribution in [2.45, 2.75) is 37.7 Å². The monoisotopic (exact) mass is 230 g/mol. The van der Waals surface area contributed by atoms with Crippen molar-refractivity contribution in [2.75, 3.05) is 0 Å². The highest BCUT2D eigenvalue weighted by molar-refractivity contribution is 7.99. The summed E-state index contributed by atoms with van der Waals surface area (Å²) < 4.78 is 5.30. The first-order valence-electron chi connectivity index (χ1n) is 4.76. The maximum Gasteiger partial charge on any atom is 0.304 e. The molecule has 1 unspecified atom stereocenters. The molecule has 1 rings (SSSR count). The normalized spacial score (nSPS) is 12.7. The van der Waals surface area contributed by atoms with Gasteiger partial charge in [0.1, 0.15) is 0 Å². The number of thioether (sulfide) groups is 1. The molecule has 6 heteroatoms. The number of aryl methyl sites for hydroxylation is 1. The molecule has 0 aliphatic carbocycles. The van der Waals surface area contributed by atoms with Gasteiger partial charge in [0.05, 0.1) is 12.2 Å². The minimum Gasteiger partial charge on any atom is -0.481 e. The second-order valence-electron chi connectivity index (χ2n) is 3.16. The Morgan fingerprint density at radius 2 is 2.20 bits per heavy atom. The van der Waals surface area contributed by atoms with Crippen LogP contribution in [0.25, 0.3) is 0 Å². The molecule has 0 bridgehead atoms. The van der Waals surface area contributed by atoms with Gasteiger partial charge in [-0.25, -0.2) is 0 Å². The zero-order valence-corrected chi connectivity index (χ0v) is 9.58. The number of nitrogens with zero attached hydrogens (tertiary/aromatic N) is 2. The minimum atomic E-state index is -0.783. The average molecular weight is 230 g/mol. The molecule has 0 aromatic carbocycles. The van der Waals surface area contributed by atoms with Gasteiger partial charge >= 0.3 is 5.97 Å². The fourth-order valence-electron chi connectivity index (χ4n) is 1.01. The second kappa shape index (κ2) is 5.75. The first-order chi connectivity index (χ1) is 7.11. The molecule has 15 heavy (non-hydrogen) atoms. The molecule has 0 radical (unpaired) electrons. The highest BCUT2D eigenvalue weighted by Gasteiger charge is 2.10. The van der Waals surface area contributed by atoms with Gasteiger partial charge in [-0.05, 0) is 0 Å². The predicted octanol–water partition coefficient (Wildman–Crippen LogP) is 1.73. The van der Waals surface area contributed by atoms with Crippen molar-refractivity contribution in [3.8, 4) is 0 Å². The number of hydrogen-bond acceptors (Lipinski definition) is 5. The highest BCUT2D eigenvalue weighted by atomic mass is 32.2. The largest absolute Gasteiger partial charge is 0.481 e. The van der Waals surface area contributed by atoms with E-state index in [1.807, 2.05) is 13.8 Å². The number of aromatic nitrogens is 2. The molecule has 0 amide bonds. The van der Waals surface area contributed by atoms with E-state index in [0.717, 1.165) is 6.42 Å². The Kier molecular flexibility index (Phi) is 4.61. The van der Waals surface area contributed by atoms with Crippen molar-refractivity contribution >= 4 is 17.7 Å². The van der Waals surface area contributed by atoms with E-state index in [9.17, 15) is 4.79 Å². The fourth-order valence-corrected chi connectivity index (χ4v) is 1.81. The summed E-state index contributed by atoms with van der Waals surface area (Å²) in [4.78, 5) is 10.4. The zero-order chi connectivity index (χ0) is 11.3. The van der Waals surface area contributed by atoms with Crippen LogP contribution in [-0.4, -0.2) is 26.5 Å². The summed E-state index contributed by atoms with van der Waals surface area (Å²) in [5.41, 5.74) is 0. The lowest BCUT2D eigenvalue weighted by molar-refractivity contribution is -0.136. The molecule has 1 N–H and O–H groups in total. The summed E-state index contributed by atoms with van der Waals surface area (Å²) in [6.07, 6.45) is 0.877. The summed E-state index contributed by atoms with van der Waals surface area (Å²) in [5, 5.41) is 16.3. The highest BCUT2D eigenvalue weighted by Crippen LogP contribution is 2.19. The molecule has 0 saturated carbocycles. The van der Waals surface area contributed by atoms with Gasteiger partial charge in [-0.3, -0.25) is 4.79 Å². The van der Waals surface area contributed by atoms with Crippen LogP contribution in [0.3, 0.4) is 0 Å². The van der Waals surface area contributed by atoms with Crippen LogP contribution >= 0.6 is 11.8 Å². The standard InChI is InChI=1S/C9H14N2O3S/c1-3-7-10-11-8(14-7)5-15-6(2)4-9(12)13/h6H,3-5H2,1-2H3,(H,12,13). The van der Waals surface area contributed by atoms with Crippen molar-refractivity contribution in [3.63, 3.8) is 0 Å². The maximum absolute atomic E-state index is 10.4. The molecule has 0 aliphatic rings. The molecule has 84 valence electrons. The van der Waals surface area contributed by atoms with Crippen molar-refractivity contribution in [3.05, 3.63) is 11.8 Å². The van der Waals surface area contributed by atoms with E-state index in [0.29, 0.717) is 17.5 Å². The predicted molar refractivity (Wildman–Crippen MR) is 56.7 cm³/mol. The summed E-state index contributed by atoms with van der Waals surface area (Å²) in [6.45, 7) is 3.81. The number of carbonyl (C=O) groups is 1. The van der Waals surface area contributed by atoms with Crippen LogP contribution in [-0.2, 0) is 17.0 Å². The van der Waals surface area contributed by atoms with E-state index in [-0.39, 0.29) is 11.7 Å². The topological polar surface area (TPSA) is 76.2 Å². The molecule has 1 heterocycles. The molecule has 0 aliphatic heterocycles. The van der Waals surface area contributed by atoms with E-state index in [1.54, 1.807) is 0 Å². The average Bonchev–Trinajstić information content (AvgIpc) is 2.61. The van der Waals surface area contributed by atoms with E-state index >= 15 is 0 Å². The molecule has 0 saturated heterocycles. The van der Waals surface area contributed by atoms with E-state index < -0.39 is 5.97 Å². The summed E-state index contributed by atoms with van der Waals surface area (Å²) in [6, 6.07) is 0. The van der Waals surface area contributed by atoms with Crippen molar-refractivity contribution < 1.29 is 14.3 Å². The molecular weight excluding hydrogens is 216 g/mol. The third kappa shape index (κ3) is 4.33. The molecular formula is C9H14N2O3S. The minimum absolute atomic E-state index is 0.0551. The van der Waals surface area contributed by atoms with Gasteiger partial charge in [0, 0.05) is 11.7 Å². The van der Waals surface area contributed by atoms with Gasteiger partial charge in [0.15, 0.2) is 0 Å². The quantitative estimate of drug-likeness (QED) is 0.802. The lowest BCUT2D eigenvalue weighted by Crippen LogP contribution is -2.05. The first kappa shape index (κ1) is 12.0. The van der Waals surface area contributed by atoms with Crippen molar-refractivity contribution in [1.82, 2.24) is 10.2 Å². The van der Waals surface area contributed by atoms with Crippen molar-refractivity contribution in [2.24, 2.45) is 0 Å². The summed E-state index contributed by atoms with van der Waals surface area (Å²) in [5.74, 6) is 0.974. The Bertz CT molecular complexity index is 327.